The molecule has 0 aliphatic carbocycles. The molecule has 2 heterocycles. The van der Waals surface area contributed by atoms with E-state index >= 15 is 0 Å². The van der Waals surface area contributed by atoms with Gasteiger partial charge in [0.2, 0.25) is 10.3 Å². The number of rotatable bonds is 8. The smallest absolute Gasteiger partial charge is 0.209 e. The van der Waals surface area contributed by atoms with Crippen molar-refractivity contribution in [2.45, 2.75) is 29.6 Å². The van der Waals surface area contributed by atoms with Crippen LogP contribution in [0.4, 0.5) is 0 Å². The van der Waals surface area contributed by atoms with Crippen molar-refractivity contribution in [2.75, 3.05) is 11.5 Å². The maximum absolute atomic E-state index is 3.93. The van der Waals surface area contributed by atoms with E-state index < -0.39 is 0 Å². The minimum atomic E-state index is 0.875. The number of unbranched alkanes of at least 4 members (excludes halogenated alkanes) is 2. The molecule has 0 aliphatic rings. The van der Waals surface area contributed by atoms with E-state index in [1.165, 1.54) is 6.42 Å². The lowest BCUT2D eigenvalue weighted by atomic mass is 10.3. The third-order valence-corrected chi connectivity index (χ3v) is 4.61. The highest BCUT2D eigenvalue weighted by Crippen LogP contribution is 2.17. The highest BCUT2D eigenvalue weighted by atomic mass is 32.2. The molecule has 0 radical (unpaired) electrons. The van der Waals surface area contributed by atoms with Gasteiger partial charge in [-0.1, -0.05) is 29.9 Å². The lowest BCUT2D eigenvalue weighted by molar-refractivity contribution is 0.663. The summed E-state index contributed by atoms with van der Waals surface area (Å²) in [4.78, 5) is 0. The van der Waals surface area contributed by atoms with Crippen LogP contribution in [0.2, 0.25) is 0 Å². The molecule has 0 N–H and O–H groups in total. The number of aromatic nitrogens is 8. The number of aryl methyl sites for hydroxylation is 2. The van der Waals surface area contributed by atoms with Crippen molar-refractivity contribution in [3.63, 3.8) is 0 Å². The fourth-order valence-electron chi connectivity index (χ4n) is 1.39. The van der Waals surface area contributed by atoms with Gasteiger partial charge < -0.3 is 0 Å². The largest absolute Gasteiger partial charge is 0.224 e. The van der Waals surface area contributed by atoms with Crippen LogP contribution in [0.15, 0.2) is 10.3 Å². The van der Waals surface area contributed by atoms with E-state index in [0.717, 1.165) is 34.7 Å². The zero-order valence-electron chi connectivity index (χ0n) is 10.9. The van der Waals surface area contributed by atoms with Crippen LogP contribution in [-0.4, -0.2) is 51.9 Å². The van der Waals surface area contributed by atoms with Crippen molar-refractivity contribution in [1.29, 1.82) is 0 Å². The molecular formula is C9H16N8S2. The maximum Gasteiger partial charge on any atom is 0.209 e. The molecule has 0 aliphatic heterocycles. The molecule has 2 aromatic heterocycles. The third-order valence-electron chi connectivity index (χ3n) is 2.41. The van der Waals surface area contributed by atoms with Gasteiger partial charge in [0.25, 0.3) is 0 Å². The van der Waals surface area contributed by atoms with Gasteiger partial charge in [0.1, 0.15) is 0 Å². The van der Waals surface area contributed by atoms with Crippen molar-refractivity contribution in [3.05, 3.63) is 0 Å². The summed E-state index contributed by atoms with van der Waals surface area (Å²) >= 11 is 3.39. The van der Waals surface area contributed by atoms with E-state index in [1.807, 2.05) is 14.1 Å². The summed E-state index contributed by atoms with van der Waals surface area (Å²) in [7, 11) is 3.71. The van der Waals surface area contributed by atoms with E-state index in [4.69, 9.17) is 0 Å². The van der Waals surface area contributed by atoms with Crippen LogP contribution in [0.3, 0.4) is 0 Å². The average molecular weight is 300 g/mol. The molecule has 0 amide bonds. The molecule has 104 valence electrons. The Morgan fingerprint density at radius 2 is 1.26 bits per heavy atom. The molecule has 0 unspecified atom stereocenters. The van der Waals surface area contributed by atoms with Crippen LogP contribution in [0.5, 0.6) is 0 Å². The Hall–Kier alpha value is -1.16. The zero-order chi connectivity index (χ0) is 13.5. The molecule has 10 heteroatoms. The van der Waals surface area contributed by atoms with Gasteiger partial charge in [-0.15, -0.1) is 10.2 Å². The molecule has 0 saturated carbocycles. The second kappa shape index (κ2) is 7.43. The monoisotopic (exact) mass is 300 g/mol. The van der Waals surface area contributed by atoms with E-state index in [-0.39, 0.29) is 0 Å². The first-order valence-corrected chi connectivity index (χ1v) is 7.95. The number of tetrazole rings is 2. The molecule has 0 fully saturated rings. The van der Waals surface area contributed by atoms with Gasteiger partial charge in [-0.2, -0.15) is 0 Å². The summed E-state index contributed by atoms with van der Waals surface area (Å²) in [5, 5.41) is 24.4. The normalized spacial score (nSPS) is 11.1. The zero-order valence-corrected chi connectivity index (χ0v) is 12.6. The predicted octanol–water partition coefficient (Wildman–Crippen LogP) is 0.788. The SMILES string of the molecule is Cn1nnnc1SCCCCCSc1nnnn1C. The van der Waals surface area contributed by atoms with Gasteiger partial charge in [-0.3, -0.25) is 0 Å². The second-order valence-corrected chi connectivity index (χ2v) is 6.05. The topological polar surface area (TPSA) is 87.2 Å². The van der Waals surface area contributed by atoms with Gasteiger partial charge in [0.05, 0.1) is 0 Å². The van der Waals surface area contributed by atoms with Crippen molar-refractivity contribution < 1.29 is 0 Å². The molecule has 19 heavy (non-hydrogen) atoms. The van der Waals surface area contributed by atoms with Crippen LogP contribution in [-0.2, 0) is 14.1 Å². The maximum atomic E-state index is 3.93. The van der Waals surface area contributed by atoms with Crippen LogP contribution in [0, 0.1) is 0 Å². The highest BCUT2D eigenvalue weighted by Gasteiger charge is 2.03. The summed E-state index contributed by atoms with van der Waals surface area (Å²) < 4.78 is 3.39. The first-order chi connectivity index (χ1) is 9.27. The fraction of sp³-hybridized carbons (Fsp3) is 0.778. The van der Waals surface area contributed by atoms with E-state index in [2.05, 4.69) is 31.1 Å². The second-order valence-electron chi connectivity index (χ2n) is 3.93. The van der Waals surface area contributed by atoms with Crippen LogP contribution in [0.25, 0.3) is 0 Å². The molecule has 0 aromatic carbocycles. The van der Waals surface area contributed by atoms with E-state index in [0.29, 0.717) is 0 Å². The Morgan fingerprint density at radius 1 is 0.789 bits per heavy atom. The Kier molecular flexibility index (Phi) is 5.58. The van der Waals surface area contributed by atoms with Crippen molar-refractivity contribution in [1.82, 2.24) is 40.4 Å². The quantitative estimate of drug-likeness (QED) is 0.522. The molecule has 0 spiro atoms. The Labute approximate surface area is 119 Å². The molecule has 8 nitrogen and oxygen atoms in total. The van der Waals surface area contributed by atoms with E-state index in [1.54, 1.807) is 32.9 Å². The van der Waals surface area contributed by atoms with Gasteiger partial charge >= 0.3 is 0 Å². The third kappa shape index (κ3) is 4.46. The lowest BCUT2D eigenvalue weighted by Gasteiger charge is -2.01. The molecule has 2 rings (SSSR count). The number of hydrogen-bond donors (Lipinski definition) is 0. The molecular weight excluding hydrogens is 284 g/mol. The lowest BCUT2D eigenvalue weighted by Crippen LogP contribution is -1.95. The summed E-state index contributed by atoms with van der Waals surface area (Å²) in [6.07, 6.45) is 3.51. The first kappa shape index (κ1) is 14.3. The summed E-state index contributed by atoms with van der Waals surface area (Å²) in [6, 6.07) is 0. The van der Waals surface area contributed by atoms with Crippen molar-refractivity contribution in [3.8, 4) is 0 Å². The fourth-order valence-corrected chi connectivity index (χ4v) is 3.09. The van der Waals surface area contributed by atoms with Crippen LogP contribution in [0.1, 0.15) is 19.3 Å². The van der Waals surface area contributed by atoms with Gasteiger partial charge in [0.15, 0.2) is 0 Å². The highest BCUT2D eigenvalue weighted by molar-refractivity contribution is 7.99. The van der Waals surface area contributed by atoms with Gasteiger partial charge in [-0.05, 0) is 33.7 Å². The first-order valence-electron chi connectivity index (χ1n) is 5.97. The van der Waals surface area contributed by atoms with Crippen LogP contribution >= 0.6 is 23.5 Å². The Morgan fingerprint density at radius 3 is 1.63 bits per heavy atom. The summed E-state index contributed by atoms with van der Waals surface area (Å²) in [5.74, 6) is 2.09. The number of thioether (sulfide) groups is 2. The number of hydrogen-bond acceptors (Lipinski definition) is 8. The van der Waals surface area contributed by atoms with Crippen molar-refractivity contribution >= 4 is 23.5 Å². The molecule has 0 atom stereocenters. The summed E-state index contributed by atoms with van der Waals surface area (Å²) in [5.41, 5.74) is 0. The summed E-state index contributed by atoms with van der Waals surface area (Å²) in [6.45, 7) is 0. The predicted molar refractivity (Wildman–Crippen MR) is 72.9 cm³/mol. The average Bonchev–Trinajstić information content (AvgIpc) is 2.98. The standard InChI is InChI=1S/C9H16N8S2/c1-16-8(10-12-14-16)18-6-4-3-5-7-19-9-11-13-15-17(9)2/h3-7H2,1-2H3. The van der Waals surface area contributed by atoms with Crippen molar-refractivity contribution in [2.24, 2.45) is 14.1 Å². The molecule has 0 bridgehead atoms. The molecule has 0 saturated heterocycles. The Bertz CT molecular complexity index is 452. The van der Waals surface area contributed by atoms with Crippen LogP contribution < -0.4 is 0 Å². The van der Waals surface area contributed by atoms with Gasteiger partial charge in [-0.25, -0.2) is 9.36 Å². The number of nitrogens with zero attached hydrogens (tertiary/aromatic N) is 8. The minimum Gasteiger partial charge on any atom is -0.224 e. The minimum absolute atomic E-state index is 0.875. The Balaban J connectivity index is 1.51. The van der Waals surface area contributed by atoms with Gasteiger partial charge in [0, 0.05) is 25.6 Å². The van der Waals surface area contributed by atoms with E-state index in [9.17, 15) is 0 Å². The molecule has 2 aromatic rings.